The molecule has 0 aliphatic heterocycles. The van der Waals surface area contributed by atoms with Crippen LogP contribution in [0.5, 0.6) is 0 Å². The molecule has 0 atom stereocenters. The fourth-order valence-electron chi connectivity index (χ4n) is 2.28. The summed E-state index contributed by atoms with van der Waals surface area (Å²) in [5.41, 5.74) is 4.38. The summed E-state index contributed by atoms with van der Waals surface area (Å²) in [7, 11) is 0. The van der Waals surface area contributed by atoms with Gasteiger partial charge in [0, 0.05) is 11.1 Å². The van der Waals surface area contributed by atoms with Crippen molar-refractivity contribution < 1.29 is 9.59 Å². The SMILES string of the molecule is Cc1ccc(-c2ccc3c(c2)C(=O)CC3=O)cc1. The Labute approximate surface area is 105 Å². The lowest BCUT2D eigenvalue weighted by molar-refractivity contribution is 0.0923. The van der Waals surface area contributed by atoms with Crippen molar-refractivity contribution in [3.63, 3.8) is 0 Å². The molecule has 3 rings (SSSR count). The van der Waals surface area contributed by atoms with Crippen molar-refractivity contribution in [1.82, 2.24) is 0 Å². The number of benzene rings is 2. The van der Waals surface area contributed by atoms with Gasteiger partial charge in [-0.15, -0.1) is 0 Å². The molecule has 0 bridgehead atoms. The molecule has 18 heavy (non-hydrogen) atoms. The van der Waals surface area contributed by atoms with Crippen LogP contribution in [0.1, 0.15) is 32.7 Å². The summed E-state index contributed by atoms with van der Waals surface area (Å²) < 4.78 is 0. The Morgan fingerprint density at radius 3 is 2.11 bits per heavy atom. The highest BCUT2D eigenvalue weighted by molar-refractivity contribution is 6.24. The minimum atomic E-state index is -0.0658. The summed E-state index contributed by atoms with van der Waals surface area (Å²) in [5.74, 6) is -0.130. The molecule has 1 aliphatic rings. The van der Waals surface area contributed by atoms with E-state index in [4.69, 9.17) is 0 Å². The molecule has 0 spiro atoms. The lowest BCUT2D eigenvalue weighted by atomic mass is 9.99. The molecule has 2 nitrogen and oxygen atoms in total. The van der Waals surface area contributed by atoms with Crippen LogP contribution in [0, 0.1) is 6.92 Å². The van der Waals surface area contributed by atoms with E-state index in [0.29, 0.717) is 11.1 Å². The van der Waals surface area contributed by atoms with E-state index in [0.717, 1.165) is 11.1 Å². The number of aryl methyl sites for hydroxylation is 1. The number of Topliss-reactive ketones (excluding diaryl/α,β-unsaturated/α-hetero) is 2. The number of hydrogen-bond donors (Lipinski definition) is 0. The number of hydrogen-bond acceptors (Lipinski definition) is 2. The Kier molecular flexibility index (Phi) is 2.37. The smallest absolute Gasteiger partial charge is 0.171 e. The van der Waals surface area contributed by atoms with Gasteiger partial charge < -0.3 is 0 Å². The zero-order chi connectivity index (χ0) is 12.7. The Hall–Kier alpha value is -2.22. The van der Waals surface area contributed by atoms with Crippen LogP contribution < -0.4 is 0 Å². The molecule has 0 radical (unpaired) electrons. The molecule has 0 amide bonds. The Balaban J connectivity index is 2.11. The summed E-state index contributed by atoms with van der Waals surface area (Å²) >= 11 is 0. The molecule has 2 aromatic rings. The fourth-order valence-corrected chi connectivity index (χ4v) is 2.28. The van der Waals surface area contributed by atoms with Gasteiger partial charge in [0.05, 0.1) is 6.42 Å². The molecule has 1 aliphatic carbocycles. The second-order valence-electron chi connectivity index (χ2n) is 4.65. The molecular formula is C16H12O2. The predicted molar refractivity (Wildman–Crippen MR) is 69.9 cm³/mol. The topological polar surface area (TPSA) is 34.1 Å². The third-order valence-electron chi connectivity index (χ3n) is 3.33. The third kappa shape index (κ3) is 1.66. The van der Waals surface area contributed by atoms with E-state index in [1.54, 1.807) is 6.07 Å². The maximum atomic E-state index is 11.7. The van der Waals surface area contributed by atoms with Gasteiger partial charge in [-0.2, -0.15) is 0 Å². The highest BCUT2D eigenvalue weighted by Gasteiger charge is 2.27. The molecular weight excluding hydrogens is 224 g/mol. The van der Waals surface area contributed by atoms with Gasteiger partial charge in [-0.3, -0.25) is 9.59 Å². The van der Waals surface area contributed by atoms with Crippen molar-refractivity contribution >= 4 is 11.6 Å². The highest BCUT2D eigenvalue weighted by Crippen LogP contribution is 2.28. The molecule has 0 fully saturated rings. The number of rotatable bonds is 1. The third-order valence-corrected chi connectivity index (χ3v) is 3.33. The van der Waals surface area contributed by atoms with Gasteiger partial charge in [0.2, 0.25) is 0 Å². The van der Waals surface area contributed by atoms with E-state index < -0.39 is 0 Å². The number of carbonyl (C=O) groups excluding carboxylic acids is 2. The standard InChI is InChI=1S/C16H12O2/c1-10-2-4-11(5-3-10)12-6-7-13-14(8-12)16(18)9-15(13)17/h2-8H,9H2,1H3. The zero-order valence-corrected chi connectivity index (χ0v) is 10.1. The van der Waals surface area contributed by atoms with Crippen LogP contribution in [-0.4, -0.2) is 11.6 Å². The molecule has 0 saturated carbocycles. The summed E-state index contributed by atoms with van der Waals surface area (Å²) in [6.45, 7) is 2.04. The second-order valence-corrected chi connectivity index (χ2v) is 4.65. The first-order valence-corrected chi connectivity index (χ1v) is 5.92. The number of fused-ring (bicyclic) bond motifs is 1. The highest BCUT2D eigenvalue weighted by atomic mass is 16.2. The lowest BCUT2D eigenvalue weighted by Crippen LogP contribution is -1.91. The maximum absolute atomic E-state index is 11.7. The van der Waals surface area contributed by atoms with Gasteiger partial charge in [-0.1, -0.05) is 42.0 Å². The average Bonchev–Trinajstić information content (AvgIpc) is 2.66. The van der Waals surface area contributed by atoms with Crippen molar-refractivity contribution in [3.05, 3.63) is 59.2 Å². The van der Waals surface area contributed by atoms with E-state index in [9.17, 15) is 9.59 Å². The first kappa shape index (κ1) is 10.9. The van der Waals surface area contributed by atoms with Crippen molar-refractivity contribution in [2.45, 2.75) is 13.3 Å². The van der Waals surface area contributed by atoms with E-state index in [1.807, 2.05) is 43.3 Å². The fraction of sp³-hybridized carbons (Fsp3) is 0.125. The minimum Gasteiger partial charge on any atom is -0.294 e. The van der Waals surface area contributed by atoms with Gasteiger partial charge in [0.15, 0.2) is 11.6 Å². The normalized spacial score (nSPS) is 13.8. The van der Waals surface area contributed by atoms with Crippen LogP contribution in [-0.2, 0) is 0 Å². The molecule has 88 valence electrons. The van der Waals surface area contributed by atoms with Gasteiger partial charge >= 0.3 is 0 Å². The van der Waals surface area contributed by atoms with Crippen molar-refractivity contribution in [2.75, 3.05) is 0 Å². The summed E-state index contributed by atoms with van der Waals surface area (Å²) in [4.78, 5) is 23.2. The average molecular weight is 236 g/mol. The van der Waals surface area contributed by atoms with Crippen molar-refractivity contribution in [3.8, 4) is 11.1 Å². The van der Waals surface area contributed by atoms with Crippen LogP contribution in [0.2, 0.25) is 0 Å². The number of ketones is 2. The van der Waals surface area contributed by atoms with E-state index in [-0.39, 0.29) is 18.0 Å². The van der Waals surface area contributed by atoms with Crippen LogP contribution in [0.4, 0.5) is 0 Å². The van der Waals surface area contributed by atoms with Gasteiger partial charge in [-0.05, 0) is 24.1 Å². The number of carbonyl (C=O) groups is 2. The van der Waals surface area contributed by atoms with Crippen molar-refractivity contribution in [1.29, 1.82) is 0 Å². The second kappa shape index (κ2) is 3.91. The molecule has 2 heteroatoms. The zero-order valence-electron chi connectivity index (χ0n) is 10.1. The largest absolute Gasteiger partial charge is 0.294 e. The van der Waals surface area contributed by atoms with E-state index >= 15 is 0 Å². The van der Waals surface area contributed by atoms with Crippen LogP contribution in [0.25, 0.3) is 11.1 Å². The van der Waals surface area contributed by atoms with Gasteiger partial charge in [-0.25, -0.2) is 0 Å². The van der Waals surface area contributed by atoms with Gasteiger partial charge in [0.1, 0.15) is 0 Å². The Morgan fingerprint density at radius 1 is 0.778 bits per heavy atom. The maximum Gasteiger partial charge on any atom is 0.171 e. The first-order chi connectivity index (χ1) is 8.65. The first-order valence-electron chi connectivity index (χ1n) is 5.92. The quantitative estimate of drug-likeness (QED) is 0.711. The van der Waals surface area contributed by atoms with Gasteiger partial charge in [0.25, 0.3) is 0 Å². The van der Waals surface area contributed by atoms with Crippen LogP contribution in [0.15, 0.2) is 42.5 Å². The summed E-state index contributed by atoms with van der Waals surface area (Å²) in [6, 6.07) is 13.6. The minimum absolute atomic E-state index is 0.0205. The molecule has 0 saturated heterocycles. The molecule has 0 aromatic heterocycles. The predicted octanol–water partition coefficient (Wildman–Crippen LogP) is 3.43. The van der Waals surface area contributed by atoms with Crippen molar-refractivity contribution in [2.24, 2.45) is 0 Å². The lowest BCUT2D eigenvalue weighted by Gasteiger charge is -2.04. The molecule has 0 N–H and O–H groups in total. The molecule has 0 heterocycles. The van der Waals surface area contributed by atoms with E-state index in [2.05, 4.69) is 0 Å². The van der Waals surface area contributed by atoms with Crippen LogP contribution >= 0.6 is 0 Å². The monoisotopic (exact) mass is 236 g/mol. The Morgan fingerprint density at radius 2 is 1.39 bits per heavy atom. The van der Waals surface area contributed by atoms with Crippen LogP contribution in [0.3, 0.4) is 0 Å². The van der Waals surface area contributed by atoms with E-state index in [1.165, 1.54) is 5.56 Å². The molecule has 2 aromatic carbocycles. The Bertz CT molecular complexity index is 651. The summed E-state index contributed by atoms with van der Waals surface area (Å²) in [5, 5.41) is 0. The molecule has 0 unspecified atom stereocenters. The summed E-state index contributed by atoms with van der Waals surface area (Å²) in [6.07, 6.45) is 0.0205.